The van der Waals surface area contributed by atoms with Gasteiger partial charge < -0.3 is 6.15 Å². The van der Waals surface area contributed by atoms with Crippen LogP contribution in [-0.4, -0.2) is 11.2 Å². The molecule has 1 aromatic carbocycles. The molecule has 0 radical (unpaired) electrons. The van der Waals surface area contributed by atoms with Crippen molar-refractivity contribution in [3.8, 4) is 0 Å². The molecule has 0 aliphatic heterocycles. The fourth-order valence-electron chi connectivity index (χ4n) is 0.668. The summed E-state index contributed by atoms with van der Waals surface area (Å²) in [6.45, 7) is 0. The largest absolute Gasteiger partial charge is 0.372 e. The molecule has 1 rings (SSSR count). The van der Waals surface area contributed by atoms with Gasteiger partial charge in [0, 0.05) is 5.02 Å². The summed E-state index contributed by atoms with van der Waals surface area (Å²) in [5.74, 6) is -0.813. The van der Waals surface area contributed by atoms with Gasteiger partial charge in [0.2, 0.25) is 0 Å². The standard InChI is InChI=1S/C7H5ClO3.H3N/c8-6-3-1-2-5(4-6)7(9)11-10;/h1-4,10H;1H3. The van der Waals surface area contributed by atoms with Crippen molar-refractivity contribution in [3.05, 3.63) is 34.9 Å². The van der Waals surface area contributed by atoms with Crippen LogP contribution in [0, 0.1) is 0 Å². The number of hydrogen-bond acceptors (Lipinski definition) is 4. The normalized spacial score (nSPS) is 8.50. The van der Waals surface area contributed by atoms with Crippen LogP contribution in [0.15, 0.2) is 24.3 Å². The van der Waals surface area contributed by atoms with E-state index in [0.29, 0.717) is 5.02 Å². The molecule has 0 amide bonds. The van der Waals surface area contributed by atoms with Crippen LogP contribution in [0.4, 0.5) is 0 Å². The van der Waals surface area contributed by atoms with E-state index in [0.717, 1.165) is 0 Å². The third kappa shape index (κ3) is 2.50. The van der Waals surface area contributed by atoms with Crippen LogP contribution in [0.2, 0.25) is 5.02 Å². The Kier molecular flexibility index (Phi) is 4.28. The number of rotatable bonds is 1. The summed E-state index contributed by atoms with van der Waals surface area (Å²) in [6.07, 6.45) is 0. The van der Waals surface area contributed by atoms with Gasteiger partial charge in [-0.05, 0) is 18.2 Å². The first kappa shape index (κ1) is 10.9. The van der Waals surface area contributed by atoms with Crippen LogP contribution in [0.5, 0.6) is 0 Å². The molecule has 0 spiro atoms. The zero-order valence-electron chi connectivity index (χ0n) is 6.16. The van der Waals surface area contributed by atoms with E-state index in [1.54, 1.807) is 12.1 Å². The number of hydrogen-bond donors (Lipinski definition) is 2. The highest BCUT2D eigenvalue weighted by atomic mass is 35.5. The van der Waals surface area contributed by atoms with Gasteiger partial charge in [-0.2, -0.15) is 5.26 Å². The van der Waals surface area contributed by atoms with Crippen molar-refractivity contribution in [2.24, 2.45) is 0 Å². The lowest BCUT2D eigenvalue weighted by Crippen LogP contribution is -2.00. The number of carbonyl (C=O) groups excluding carboxylic acids is 1. The van der Waals surface area contributed by atoms with Crippen LogP contribution in [0.1, 0.15) is 10.4 Å². The summed E-state index contributed by atoms with van der Waals surface area (Å²) in [4.78, 5) is 14.1. The predicted octanol–water partition coefficient (Wildman–Crippen LogP) is 2.13. The Morgan fingerprint density at radius 1 is 1.50 bits per heavy atom. The van der Waals surface area contributed by atoms with Gasteiger partial charge in [0.25, 0.3) is 0 Å². The Balaban J connectivity index is 0.00000121. The van der Waals surface area contributed by atoms with E-state index in [2.05, 4.69) is 4.89 Å². The molecule has 5 heteroatoms. The van der Waals surface area contributed by atoms with Crippen molar-refractivity contribution in [1.29, 1.82) is 0 Å². The molecule has 4 nitrogen and oxygen atoms in total. The SMILES string of the molecule is N.O=C(OO)c1cccc(Cl)c1. The topological polar surface area (TPSA) is 81.5 Å². The first-order valence-corrected chi connectivity index (χ1v) is 3.23. The second kappa shape index (κ2) is 4.71. The van der Waals surface area contributed by atoms with Gasteiger partial charge in [0.05, 0.1) is 5.56 Å². The monoisotopic (exact) mass is 189 g/mol. The maximum Gasteiger partial charge on any atom is 0.372 e. The summed E-state index contributed by atoms with van der Waals surface area (Å²) < 4.78 is 0. The van der Waals surface area contributed by atoms with Crippen molar-refractivity contribution in [2.75, 3.05) is 0 Å². The van der Waals surface area contributed by atoms with Gasteiger partial charge in [-0.1, -0.05) is 17.7 Å². The fraction of sp³-hybridized carbons (Fsp3) is 0. The number of halogens is 1. The van der Waals surface area contributed by atoms with E-state index >= 15 is 0 Å². The second-order valence-electron chi connectivity index (χ2n) is 1.89. The lowest BCUT2D eigenvalue weighted by atomic mass is 10.2. The molecule has 0 aliphatic rings. The fourth-order valence-corrected chi connectivity index (χ4v) is 0.858. The molecule has 12 heavy (non-hydrogen) atoms. The van der Waals surface area contributed by atoms with Gasteiger partial charge >= 0.3 is 5.97 Å². The summed E-state index contributed by atoms with van der Waals surface area (Å²) in [5.41, 5.74) is 0.222. The van der Waals surface area contributed by atoms with Gasteiger partial charge in [0.15, 0.2) is 0 Å². The highest BCUT2D eigenvalue weighted by molar-refractivity contribution is 6.30. The predicted molar refractivity (Wildman–Crippen MR) is 44.5 cm³/mol. The van der Waals surface area contributed by atoms with E-state index in [1.807, 2.05) is 0 Å². The van der Waals surface area contributed by atoms with E-state index < -0.39 is 5.97 Å². The Labute approximate surface area is 74.2 Å². The molecule has 0 saturated heterocycles. The number of carbonyl (C=O) groups is 1. The summed E-state index contributed by atoms with van der Waals surface area (Å²) in [5, 5.41) is 8.41. The maximum absolute atomic E-state index is 10.6. The maximum atomic E-state index is 10.6. The molecule has 66 valence electrons. The molecule has 0 fully saturated rings. The third-order valence-corrected chi connectivity index (χ3v) is 1.38. The van der Waals surface area contributed by atoms with E-state index in [-0.39, 0.29) is 11.7 Å². The molecular formula is C7H8ClNO3. The third-order valence-electron chi connectivity index (χ3n) is 1.14. The highest BCUT2D eigenvalue weighted by Crippen LogP contribution is 2.10. The highest BCUT2D eigenvalue weighted by Gasteiger charge is 2.05. The van der Waals surface area contributed by atoms with Crippen LogP contribution in [-0.2, 0) is 4.89 Å². The van der Waals surface area contributed by atoms with E-state index in [4.69, 9.17) is 16.9 Å². The summed E-state index contributed by atoms with van der Waals surface area (Å²) in [6, 6.07) is 6.11. The van der Waals surface area contributed by atoms with Gasteiger partial charge in [-0.15, -0.1) is 0 Å². The molecule has 0 saturated carbocycles. The minimum atomic E-state index is -0.813. The van der Waals surface area contributed by atoms with Crippen LogP contribution in [0.25, 0.3) is 0 Å². The minimum absolute atomic E-state index is 0. The Hall–Kier alpha value is -1.10. The van der Waals surface area contributed by atoms with Crippen molar-refractivity contribution < 1.29 is 14.9 Å². The van der Waals surface area contributed by atoms with Crippen LogP contribution < -0.4 is 6.15 Å². The zero-order valence-corrected chi connectivity index (χ0v) is 6.91. The first-order chi connectivity index (χ1) is 5.24. The molecule has 1 aromatic rings. The van der Waals surface area contributed by atoms with Crippen molar-refractivity contribution in [2.45, 2.75) is 0 Å². The zero-order chi connectivity index (χ0) is 8.27. The summed E-state index contributed by atoms with van der Waals surface area (Å²) >= 11 is 5.56. The molecule has 0 bridgehead atoms. The van der Waals surface area contributed by atoms with Crippen molar-refractivity contribution in [3.63, 3.8) is 0 Å². The lowest BCUT2D eigenvalue weighted by Gasteiger charge is -1.95. The van der Waals surface area contributed by atoms with E-state index in [1.165, 1.54) is 12.1 Å². The van der Waals surface area contributed by atoms with Crippen LogP contribution in [0.3, 0.4) is 0 Å². The molecule has 0 atom stereocenters. The van der Waals surface area contributed by atoms with Crippen LogP contribution >= 0.6 is 11.6 Å². The van der Waals surface area contributed by atoms with Crippen molar-refractivity contribution >= 4 is 17.6 Å². The Bertz CT molecular complexity index is 277. The lowest BCUT2D eigenvalue weighted by molar-refractivity contribution is -0.182. The van der Waals surface area contributed by atoms with Crippen molar-refractivity contribution in [1.82, 2.24) is 6.15 Å². The Morgan fingerprint density at radius 3 is 2.67 bits per heavy atom. The second-order valence-corrected chi connectivity index (χ2v) is 2.33. The quantitative estimate of drug-likeness (QED) is 0.524. The first-order valence-electron chi connectivity index (χ1n) is 2.85. The van der Waals surface area contributed by atoms with Gasteiger partial charge in [-0.25, -0.2) is 4.79 Å². The van der Waals surface area contributed by atoms with E-state index in [9.17, 15) is 4.79 Å². The van der Waals surface area contributed by atoms with Gasteiger partial charge in [0.1, 0.15) is 0 Å². The molecule has 0 aromatic heterocycles. The Morgan fingerprint density at radius 2 is 2.17 bits per heavy atom. The smallest absolute Gasteiger partial charge is 0.344 e. The van der Waals surface area contributed by atoms with Gasteiger partial charge in [-0.3, -0.25) is 4.89 Å². The molecular weight excluding hydrogens is 182 g/mol. The summed E-state index contributed by atoms with van der Waals surface area (Å²) in [7, 11) is 0. The molecule has 0 unspecified atom stereocenters. The number of benzene rings is 1. The minimum Gasteiger partial charge on any atom is -0.344 e. The molecule has 0 heterocycles. The average molecular weight is 190 g/mol. The molecule has 4 N–H and O–H groups in total. The molecule has 0 aliphatic carbocycles. The average Bonchev–Trinajstić information content (AvgIpc) is 2.03.